The highest BCUT2D eigenvalue weighted by Gasteiger charge is 2.24. The number of nitrogens with one attached hydrogen (secondary N) is 3. The van der Waals surface area contributed by atoms with Crippen LogP contribution in [-0.4, -0.2) is 42.4 Å². The Hall–Kier alpha value is -3.64. The van der Waals surface area contributed by atoms with E-state index in [4.69, 9.17) is 0 Å². The maximum atomic E-state index is 12.9. The van der Waals surface area contributed by atoms with Crippen molar-refractivity contribution in [3.05, 3.63) is 96.1 Å². The summed E-state index contributed by atoms with van der Waals surface area (Å²) in [6, 6.07) is 27.2. The number of hydrogen-bond donors (Lipinski definition) is 3. The topological polar surface area (TPSA) is 73.5 Å². The molecule has 1 saturated heterocycles. The standard InChI is InChI=1S/C27H30N4O2/c1-20(21-10-4-2-5-11-21)28-27(33)24-14-8-9-15-25(24)30-26(32)19-31-17-16-23(18-31)29-22-12-6-3-7-13-22/h2-15,20,23,29H,16-19H2,1H3,(H,28,33)(H,30,32). The van der Waals surface area contributed by atoms with Gasteiger partial charge in [0.1, 0.15) is 0 Å². The molecule has 2 amide bonds. The predicted octanol–water partition coefficient (Wildman–Crippen LogP) is 4.30. The van der Waals surface area contributed by atoms with Crippen molar-refractivity contribution in [2.24, 2.45) is 0 Å². The molecule has 2 atom stereocenters. The molecule has 0 saturated carbocycles. The summed E-state index contributed by atoms with van der Waals surface area (Å²) >= 11 is 0. The molecule has 170 valence electrons. The largest absolute Gasteiger partial charge is 0.381 e. The minimum Gasteiger partial charge on any atom is -0.381 e. The van der Waals surface area contributed by atoms with E-state index < -0.39 is 0 Å². The average Bonchev–Trinajstić information content (AvgIpc) is 3.26. The van der Waals surface area contributed by atoms with Crippen LogP contribution in [0.25, 0.3) is 0 Å². The van der Waals surface area contributed by atoms with Gasteiger partial charge < -0.3 is 16.0 Å². The van der Waals surface area contributed by atoms with Gasteiger partial charge in [0.15, 0.2) is 0 Å². The van der Waals surface area contributed by atoms with Gasteiger partial charge in [-0.3, -0.25) is 14.5 Å². The first-order valence-electron chi connectivity index (χ1n) is 11.4. The van der Waals surface area contributed by atoms with E-state index >= 15 is 0 Å². The highest BCUT2D eigenvalue weighted by Crippen LogP contribution is 2.19. The second kappa shape index (κ2) is 10.8. The van der Waals surface area contributed by atoms with Gasteiger partial charge in [-0.1, -0.05) is 60.7 Å². The van der Waals surface area contributed by atoms with E-state index in [1.165, 1.54) is 0 Å². The number of nitrogens with zero attached hydrogens (tertiary/aromatic N) is 1. The number of likely N-dealkylation sites (tertiary alicyclic amines) is 1. The Bertz CT molecular complexity index is 1070. The molecule has 4 rings (SSSR count). The number of rotatable bonds is 8. The van der Waals surface area contributed by atoms with Gasteiger partial charge in [0, 0.05) is 24.8 Å². The molecule has 3 N–H and O–H groups in total. The number of carbonyl (C=O) groups excluding carboxylic acids is 2. The van der Waals surface area contributed by atoms with Crippen molar-refractivity contribution in [3.63, 3.8) is 0 Å². The Kier molecular flexibility index (Phi) is 7.37. The van der Waals surface area contributed by atoms with Crippen LogP contribution in [0.4, 0.5) is 11.4 Å². The molecular weight excluding hydrogens is 412 g/mol. The molecule has 3 aromatic rings. The third kappa shape index (κ3) is 6.20. The summed E-state index contributed by atoms with van der Waals surface area (Å²) in [4.78, 5) is 27.8. The van der Waals surface area contributed by atoms with E-state index in [2.05, 4.69) is 33.0 Å². The van der Waals surface area contributed by atoms with E-state index in [1.807, 2.05) is 61.5 Å². The van der Waals surface area contributed by atoms with Gasteiger partial charge in [0.25, 0.3) is 5.91 Å². The van der Waals surface area contributed by atoms with Crippen LogP contribution in [0.1, 0.15) is 35.3 Å². The summed E-state index contributed by atoms with van der Waals surface area (Å²) < 4.78 is 0. The predicted molar refractivity (Wildman–Crippen MR) is 132 cm³/mol. The molecule has 1 heterocycles. The molecule has 1 aliphatic heterocycles. The molecule has 2 unspecified atom stereocenters. The summed E-state index contributed by atoms with van der Waals surface area (Å²) in [6.45, 7) is 3.90. The fourth-order valence-corrected chi connectivity index (χ4v) is 4.15. The Morgan fingerprint density at radius 3 is 2.36 bits per heavy atom. The van der Waals surface area contributed by atoms with Crippen LogP contribution in [0.15, 0.2) is 84.9 Å². The van der Waals surface area contributed by atoms with Crippen molar-refractivity contribution in [3.8, 4) is 0 Å². The van der Waals surface area contributed by atoms with Crippen molar-refractivity contribution < 1.29 is 9.59 Å². The summed E-state index contributed by atoms with van der Waals surface area (Å²) in [6.07, 6.45) is 0.985. The van der Waals surface area contributed by atoms with Crippen LogP contribution >= 0.6 is 0 Å². The van der Waals surface area contributed by atoms with E-state index in [0.29, 0.717) is 23.8 Å². The molecule has 33 heavy (non-hydrogen) atoms. The van der Waals surface area contributed by atoms with Gasteiger partial charge in [-0.15, -0.1) is 0 Å². The fraction of sp³-hybridized carbons (Fsp3) is 0.259. The molecule has 1 aliphatic rings. The number of carbonyl (C=O) groups is 2. The van der Waals surface area contributed by atoms with E-state index in [-0.39, 0.29) is 17.9 Å². The third-order valence-corrected chi connectivity index (χ3v) is 5.88. The number of para-hydroxylation sites is 2. The lowest BCUT2D eigenvalue weighted by molar-refractivity contribution is -0.117. The SMILES string of the molecule is CC(NC(=O)c1ccccc1NC(=O)CN1CCC(Nc2ccccc2)C1)c1ccccc1. The summed E-state index contributed by atoms with van der Waals surface area (Å²) in [7, 11) is 0. The van der Waals surface area contributed by atoms with Gasteiger partial charge in [-0.05, 0) is 43.2 Å². The first kappa shape index (κ1) is 22.6. The smallest absolute Gasteiger partial charge is 0.253 e. The van der Waals surface area contributed by atoms with E-state index in [0.717, 1.165) is 30.8 Å². The lowest BCUT2D eigenvalue weighted by Gasteiger charge is -2.19. The highest BCUT2D eigenvalue weighted by molar-refractivity contribution is 6.04. The van der Waals surface area contributed by atoms with Gasteiger partial charge >= 0.3 is 0 Å². The Morgan fingerprint density at radius 2 is 1.61 bits per heavy atom. The lowest BCUT2D eigenvalue weighted by Crippen LogP contribution is -2.34. The number of anilines is 2. The van der Waals surface area contributed by atoms with Gasteiger partial charge in [0.2, 0.25) is 5.91 Å². The van der Waals surface area contributed by atoms with E-state index in [9.17, 15) is 9.59 Å². The van der Waals surface area contributed by atoms with Crippen molar-refractivity contribution in [1.82, 2.24) is 10.2 Å². The Morgan fingerprint density at radius 1 is 0.939 bits per heavy atom. The van der Waals surface area contributed by atoms with Crippen molar-refractivity contribution in [2.75, 3.05) is 30.3 Å². The molecule has 1 fully saturated rings. The summed E-state index contributed by atoms with van der Waals surface area (Å²) in [5, 5.41) is 9.48. The van der Waals surface area contributed by atoms with Gasteiger partial charge in [-0.2, -0.15) is 0 Å². The van der Waals surface area contributed by atoms with Crippen LogP contribution in [0.3, 0.4) is 0 Å². The first-order valence-corrected chi connectivity index (χ1v) is 11.4. The van der Waals surface area contributed by atoms with Gasteiger partial charge in [-0.25, -0.2) is 0 Å². The third-order valence-electron chi connectivity index (χ3n) is 5.88. The quantitative estimate of drug-likeness (QED) is 0.486. The zero-order valence-corrected chi connectivity index (χ0v) is 18.8. The zero-order valence-electron chi connectivity index (χ0n) is 18.8. The minimum absolute atomic E-state index is 0.119. The highest BCUT2D eigenvalue weighted by atomic mass is 16.2. The van der Waals surface area contributed by atoms with Crippen LogP contribution < -0.4 is 16.0 Å². The van der Waals surface area contributed by atoms with Crippen LogP contribution in [0, 0.1) is 0 Å². The Balaban J connectivity index is 1.32. The summed E-state index contributed by atoms with van der Waals surface area (Å²) in [5.74, 6) is -0.331. The number of amides is 2. The molecule has 0 aliphatic carbocycles. The Labute approximate surface area is 195 Å². The number of benzene rings is 3. The summed E-state index contributed by atoms with van der Waals surface area (Å²) in [5.41, 5.74) is 3.11. The average molecular weight is 443 g/mol. The van der Waals surface area contributed by atoms with Gasteiger partial charge in [0.05, 0.1) is 23.8 Å². The minimum atomic E-state index is -0.212. The molecule has 6 nitrogen and oxygen atoms in total. The maximum absolute atomic E-state index is 12.9. The zero-order chi connectivity index (χ0) is 23.0. The van der Waals surface area contributed by atoms with Crippen molar-refractivity contribution >= 4 is 23.2 Å². The molecule has 0 aromatic heterocycles. The molecule has 0 radical (unpaired) electrons. The number of hydrogen-bond acceptors (Lipinski definition) is 4. The fourth-order valence-electron chi connectivity index (χ4n) is 4.15. The second-order valence-electron chi connectivity index (χ2n) is 8.43. The monoisotopic (exact) mass is 442 g/mol. The lowest BCUT2D eigenvalue weighted by atomic mass is 10.1. The molecule has 0 spiro atoms. The van der Waals surface area contributed by atoms with Crippen LogP contribution in [0.2, 0.25) is 0 Å². The first-order chi connectivity index (χ1) is 16.1. The van der Waals surface area contributed by atoms with Crippen LogP contribution in [-0.2, 0) is 4.79 Å². The van der Waals surface area contributed by atoms with E-state index in [1.54, 1.807) is 18.2 Å². The molecule has 3 aromatic carbocycles. The molecule has 6 heteroatoms. The normalized spacial score (nSPS) is 16.7. The van der Waals surface area contributed by atoms with Crippen molar-refractivity contribution in [1.29, 1.82) is 0 Å². The molecular formula is C27H30N4O2. The van der Waals surface area contributed by atoms with Crippen molar-refractivity contribution in [2.45, 2.75) is 25.4 Å². The van der Waals surface area contributed by atoms with Crippen LogP contribution in [0.5, 0.6) is 0 Å². The molecule has 0 bridgehead atoms. The maximum Gasteiger partial charge on any atom is 0.253 e. The second-order valence-corrected chi connectivity index (χ2v) is 8.43.